The molecule has 1 unspecified atom stereocenters. The van der Waals surface area contributed by atoms with Crippen molar-refractivity contribution >= 4 is 19.5 Å². The van der Waals surface area contributed by atoms with E-state index in [-0.39, 0.29) is 25.5 Å². The molecule has 8 heteroatoms. The van der Waals surface area contributed by atoms with Gasteiger partial charge in [0.15, 0.2) is 0 Å². The average molecular weight is 433 g/mol. The highest BCUT2D eigenvalue weighted by Crippen LogP contribution is 2.44. The number of carbonyl (C=O) groups is 2. The molecule has 0 aliphatic carbocycles. The molecule has 0 spiro atoms. The van der Waals surface area contributed by atoms with Gasteiger partial charge in [0.1, 0.15) is 6.10 Å². The van der Waals surface area contributed by atoms with Crippen LogP contribution in [0.25, 0.3) is 0 Å². The highest BCUT2D eigenvalue weighted by Gasteiger charge is 2.29. The lowest BCUT2D eigenvalue weighted by Crippen LogP contribution is -2.38. The molecule has 0 fully saturated rings. The van der Waals surface area contributed by atoms with Crippen LogP contribution in [0.1, 0.15) is 30.4 Å². The van der Waals surface area contributed by atoms with Gasteiger partial charge in [-0.3, -0.25) is 18.7 Å². The summed E-state index contributed by atoms with van der Waals surface area (Å²) in [6, 6.07) is 18.9. The summed E-state index contributed by atoms with van der Waals surface area (Å²) in [6.45, 7) is -0.0738. The largest absolute Gasteiger partial charge is 0.481 e. The molecule has 0 saturated heterocycles. The van der Waals surface area contributed by atoms with Crippen molar-refractivity contribution < 1.29 is 28.7 Å². The molecular weight excluding hydrogens is 405 g/mol. The third-order valence-corrected chi connectivity index (χ3v) is 5.95. The first kappa shape index (κ1) is 23.8. The lowest BCUT2D eigenvalue weighted by molar-refractivity contribution is -0.137. The maximum atomic E-state index is 12.6. The fourth-order valence-corrected chi connectivity index (χ4v) is 4.25. The zero-order chi connectivity index (χ0) is 21.8. The van der Waals surface area contributed by atoms with E-state index < -0.39 is 25.6 Å². The summed E-state index contributed by atoms with van der Waals surface area (Å²) in [4.78, 5) is 33.4. The molecule has 3 N–H and O–H groups in total. The van der Waals surface area contributed by atoms with Gasteiger partial charge < -0.3 is 15.3 Å². The van der Waals surface area contributed by atoms with E-state index in [1.165, 1.54) is 0 Å². The molecule has 0 aliphatic rings. The number of carboxylic acids is 1. The van der Waals surface area contributed by atoms with Crippen LogP contribution < -0.4 is 5.32 Å². The van der Waals surface area contributed by atoms with Crippen LogP contribution in [0, 0.1) is 0 Å². The lowest BCUT2D eigenvalue weighted by atomic mass is 10.1. The Bertz CT molecular complexity index is 843. The zero-order valence-corrected chi connectivity index (χ0v) is 17.7. The Balaban J connectivity index is 1.91. The summed E-state index contributed by atoms with van der Waals surface area (Å²) in [5, 5.41) is 11.2. The minimum Gasteiger partial charge on any atom is -0.481 e. The number of unbranched alkanes of at least 4 members (excludes halogenated alkanes) is 1. The van der Waals surface area contributed by atoms with Gasteiger partial charge >= 0.3 is 13.6 Å². The maximum Gasteiger partial charge on any atom is 0.328 e. The molecule has 0 saturated carbocycles. The lowest BCUT2D eigenvalue weighted by Gasteiger charge is -2.21. The average Bonchev–Trinajstić information content (AvgIpc) is 2.72. The van der Waals surface area contributed by atoms with Gasteiger partial charge in [0.05, 0.1) is 12.6 Å². The van der Waals surface area contributed by atoms with Crippen molar-refractivity contribution in [3.05, 3.63) is 71.8 Å². The predicted octanol–water partition coefficient (Wildman–Crippen LogP) is 3.41. The number of benzene rings is 2. The van der Waals surface area contributed by atoms with Crippen LogP contribution in [0.3, 0.4) is 0 Å². The topological polar surface area (TPSA) is 113 Å². The molecule has 2 rings (SSSR count). The zero-order valence-electron chi connectivity index (χ0n) is 16.8. The van der Waals surface area contributed by atoms with Crippen molar-refractivity contribution in [2.24, 2.45) is 0 Å². The first-order valence-corrected chi connectivity index (χ1v) is 11.7. The number of hydrogen-bond acceptors (Lipinski definition) is 4. The molecule has 2 aromatic carbocycles. The molecule has 7 nitrogen and oxygen atoms in total. The van der Waals surface area contributed by atoms with Gasteiger partial charge in [-0.25, -0.2) is 0 Å². The fraction of sp³-hybridized carbons (Fsp3) is 0.364. The Morgan fingerprint density at radius 2 is 1.57 bits per heavy atom. The van der Waals surface area contributed by atoms with Crippen molar-refractivity contribution in [1.29, 1.82) is 0 Å². The van der Waals surface area contributed by atoms with Gasteiger partial charge in [0.2, 0.25) is 5.91 Å². The Labute approximate surface area is 176 Å². The van der Waals surface area contributed by atoms with Crippen LogP contribution in [0.4, 0.5) is 0 Å². The number of hydrogen-bond donors (Lipinski definition) is 3. The molecule has 2 atom stereocenters. The number of carbonyl (C=O) groups excluding carboxylic acids is 1. The quantitative estimate of drug-likeness (QED) is 0.330. The van der Waals surface area contributed by atoms with E-state index in [0.717, 1.165) is 24.0 Å². The van der Waals surface area contributed by atoms with E-state index in [1.54, 1.807) is 24.3 Å². The molecule has 0 aromatic heterocycles. The molecule has 0 heterocycles. The van der Waals surface area contributed by atoms with Crippen LogP contribution in [0.5, 0.6) is 0 Å². The standard InChI is InChI=1S/C22H28NO6P/c24-21(25)14-15-23-22(26)20(17-19-12-5-2-6-13-19)29-30(27,28)16-8-7-11-18-9-3-1-4-10-18/h1-6,9-10,12-13,20H,7-8,11,14-17H2,(H,23,26)(H,24,25)(H,27,28)/t20-/m0/s1. The summed E-state index contributed by atoms with van der Waals surface area (Å²) in [5.41, 5.74) is 1.94. The van der Waals surface area contributed by atoms with Crippen LogP contribution >= 0.6 is 7.60 Å². The van der Waals surface area contributed by atoms with Gasteiger partial charge in [-0.05, 0) is 30.4 Å². The van der Waals surface area contributed by atoms with Crippen molar-refractivity contribution in [2.75, 3.05) is 12.7 Å². The molecule has 1 amide bonds. The molecule has 162 valence electrons. The minimum atomic E-state index is -3.99. The monoisotopic (exact) mass is 433 g/mol. The number of carboxylic acid groups (broad SMARTS) is 1. The number of rotatable bonds is 13. The third-order valence-electron chi connectivity index (χ3n) is 4.49. The predicted molar refractivity (Wildman–Crippen MR) is 114 cm³/mol. The highest BCUT2D eigenvalue weighted by atomic mass is 31.2. The first-order chi connectivity index (χ1) is 14.4. The Kier molecular flexibility index (Phi) is 9.74. The molecule has 30 heavy (non-hydrogen) atoms. The van der Waals surface area contributed by atoms with Crippen LogP contribution in [-0.4, -0.2) is 40.7 Å². The van der Waals surface area contributed by atoms with Gasteiger partial charge in [-0.2, -0.15) is 0 Å². The van der Waals surface area contributed by atoms with Gasteiger partial charge in [-0.15, -0.1) is 0 Å². The smallest absolute Gasteiger partial charge is 0.328 e. The number of aryl methyl sites for hydroxylation is 1. The van der Waals surface area contributed by atoms with E-state index in [9.17, 15) is 19.0 Å². The Morgan fingerprint density at radius 1 is 0.967 bits per heavy atom. The fourth-order valence-electron chi connectivity index (χ4n) is 2.95. The van der Waals surface area contributed by atoms with E-state index in [0.29, 0.717) is 6.42 Å². The molecular formula is C22H28NO6P. The molecule has 2 aromatic rings. The normalized spacial score (nSPS) is 13.9. The van der Waals surface area contributed by atoms with Gasteiger partial charge in [0.25, 0.3) is 0 Å². The van der Waals surface area contributed by atoms with Gasteiger partial charge in [0, 0.05) is 13.0 Å². The summed E-state index contributed by atoms with van der Waals surface area (Å²) >= 11 is 0. The van der Waals surface area contributed by atoms with E-state index in [4.69, 9.17) is 9.63 Å². The first-order valence-electron chi connectivity index (χ1n) is 9.93. The minimum absolute atomic E-state index is 0.0481. The van der Waals surface area contributed by atoms with E-state index in [2.05, 4.69) is 5.32 Å². The number of nitrogens with one attached hydrogen (secondary N) is 1. The number of aliphatic carboxylic acids is 1. The van der Waals surface area contributed by atoms with E-state index >= 15 is 0 Å². The van der Waals surface area contributed by atoms with Crippen molar-refractivity contribution in [3.8, 4) is 0 Å². The maximum absolute atomic E-state index is 12.6. The second-order valence-corrected chi connectivity index (χ2v) is 8.96. The third kappa shape index (κ3) is 9.35. The molecule has 0 radical (unpaired) electrons. The summed E-state index contributed by atoms with van der Waals surface area (Å²) < 4.78 is 17.9. The summed E-state index contributed by atoms with van der Waals surface area (Å²) in [5.74, 6) is -1.64. The Hall–Kier alpha value is -2.47. The Morgan fingerprint density at radius 3 is 2.17 bits per heavy atom. The molecule has 0 aliphatic heterocycles. The van der Waals surface area contributed by atoms with Crippen LogP contribution in [-0.2, 0) is 31.5 Å². The van der Waals surface area contributed by atoms with Crippen molar-refractivity contribution in [2.45, 2.75) is 38.2 Å². The summed E-state index contributed by atoms with van der Waals surface area (Å²) in [7, 11) is -3.99. The summed E-state index contributed by atoms with van der Waals surface area (Å²) in [6.07, 6.45) is 0.672. The highest BCUT2D eigenvalue weighted by molar-refractivity contribution is 7.52. The van der Waals surface area contributed by atoms with E-state index in [1.807, 2.05) is 36.4 Å². The molecule has 0 bridgehead atoms. The van der Waals surface area contributed by atoms with Crippen molar-refractivity contribution in [3.63, 3.8) is 0 Å². The second-order valence-electron chi connectivity index (χ2n) is 7.02. The SMILES string of the molecule is O=C(O)CCNC(=O)[C@H](Cc1ccccc1)OP(=O)(O)CCCCc1ccccc1. The number of amides is 1. The van der Waals surface area contributed by atoms with Crippen LogP contribution in [0.15, 0.2) is 60.7 Å². The van der Waals surface area contributed by atoms with Crippen LogP contribution in [0.2, 0.25) is 0 Å². The second kappa shape index (κ2) is 12.3. The van der Waals surface area contributed by atoms with Gasteiger partial charge in [-0.1, -0.05) is 60.7 Å². The van der Waals surface area contributed by atoms with Crippen molar-refractivity contribution in [1.82, 2.24) is 5.32 Å².